The maximum absolute atomic E-state index is 13.1. The number of carbonyl (C=O) groups excluding carboxylic acids is 2. The highest BCUT2D eigenvalue weighted by atomic mass is 16.5. The Morgan fingerprint density at radius 2 is 1.87 bits per heavy atom. The van der Waals surface area contributed by atoms with E-state index < -0.39 is 0 Å². The van der Waals surface area contributed by atoms with Gasteiger partial charge in [-0.1, -0.05) is 6.92 Å². The molecule has 1 aromatic carbocycles. The highest BCUT2D eigenvalue weighted by Gasteiger charge is 2.31. The molecule has 7 nitrogen and oxygen atoms in total. The Hall–Kier alpha value is -3.09. The van der Waals surface area contributed by atoms with Crippen LogP contribution in [0, 0.1) is 12.8 Å². The normalized spacial score (nSPS) is 18.0. The molecule has 164 valence electrons. The van der Waals surface area contributed by atoms with Crippen molar-refractivity contribution in [2.45, 2.75) is 46.0 Å². The van der Waals surface area contributed by atoms with E-state index in [0.29, 0.717) is 23.0 Å². The summed E-state index contributed by atoms with van der Waals surface area (Å²) >= 11 is 0. The molecule has 31 heavy (non-hydrogen) atoms. The summed E-state index contributed by atoms with van der Waals surface area (Å²) in [5.74, 6) is 2.21. The molecule has 0 radical (unpaired) electrons. The van der Waals surface area contributed by atoms with Gasteiger partial charge in [0.25, 0.3) is 11.8 Å². The predicted molar refractivity (Wildman–Crippen MR) is 118 cm³/mol. The second kappa shape index (κ2) is 8.96. The van der Waals surface area contributed by atoms with Crippen LogP contribution in [-0.4, -0.2) is 42.6 Å². The Kier molecular flexibility index (Phi) is 6.11. The molecule has 4 rings (SSSR count). The van der Waals surface area contributed by atoms with E-state index in [1.54, 1.807) is 31.4 Å². The third-order valence-corrected chi connectivity index (χ3v) is 6.24. The molecule has 7 heteroatoms. The molecule has 1 aliphatic heterocycles. The first-order valence-corrected chi connectivity index (χ1v) is 10.9. The fourth-order valence-corrected chi connectivity index (χ4v) is 4.26. The minimum absolute atomic E-state index is 0.0413. The molecule has 0 atom stereocenters. The van der Waals surface area contributed by atoms with Crippen LogP contribution in [0.1, 0.15) is 70.4 Å². The van der Waals surface area contributed by atoms with E-state index in [9.17, 15) is 9.59 Å². The zero-order valence-electron chi connectivity index (χ0n) is 18.4. The lowest BCUT2D eigenvalue weighted by Crippen LogP contribution is -2.38. The first-order valence-electron chi connectivity index (χ1n) is 10.9. The summed E-state index contributed by atoms with van der Waals surface area (Å²) in [4.78, 5) is 27.4. The van der Waals surface area contributed by atoms with Gasteiger partial charge in [0, 0.05) is 36.2 Å². The van der Waals surface area contributed by atoms with Gasteiger partial charge in [0.2, 0.25) is 0 Å². The Bertz CT molecular complexity index is 999. The Morgan fingerprint density at radius 1 is 1.16 bits per heavy atom. The molecule has 2 amide bonds. The summed E-state index contributed by atoms with van der Waals surface area (Å²) in [7, 11) is 1.58. The Balaban J connectivity index is 1.53. The van der Waals surface area contributed by atoms with Crippen LogP contribution in [-0.2, 0) is 6.42 Å². The first-order chi connectivity index (χ1) is 15.0. The van der Waals surface area contributed by atoms with Crippen molar-refractivity contribution in [3.63, 3.8) is 0 Å². The lowest BCUT2D eigenvalue weighted by molar-refractivity contribution is 0.0662. The van der Waals surface area contributed by atoms with Crippen LogP contribution in [0.2, 0.25) is 0 Å². The fourth-order valence-electron chi connectivity index (χ4n) is 4.26. The minimum atomic E-state index is -0.290. The van der Waals surface area contributed by atoms with Crippen molar-refractivity contribution in [2.24, 2.45) is 11.0 Å². The summed E-state index contributed by atoms with van der Waals surface area (Å²) in [6, 6.07) is 6.86. The number of rotatable bonds is 4. The lowest BCUT2D eigenvalue weighted by Gasteiger charge is -2.29. The van der Waals surface area contributed by atoms with Crippen LogP contribution in [0.5, 0.6) is 5.75 Å². The van der Waals surface area contributed by atoms with Gasteiger partial charge in [0.1, 0.15) is 11.5 Å². The molecule has 0 unspecified atom stereocenters. The third-order valence-electron chi connectivity index (χ3n) is 6.24. The number of nitrogens with one attached hydrogen (secondary N) is 1. The van der Waals surface area contributed by atoms with Crippen molar-refractivity contribution in [3.05, 3.63) is 52.5 Å². The summed E-state index contributed by atoms with van der Waals surface area (Å²) < 4.78 is 11.2. The topological polar surface area (TPSA) is 84.1 Å². The monoisotopic (exact) mass is 423 g/mol. The number of likely N-dealkylation sites (tertiary alicyclic amines) is 1. The van der Waals surface area contributed by atoms with Crippen LogP contribution in [0.4, 0.5) is 0 Å². The Labute approximate surface area is 182 Å². The number of hydrazone groups is 1. The lowest BCUT2D eigenvalue weighted by atomic mass is 9.93. The second-order valence-corrected chi connectivity index (χ2v) is 8.41. The molecule has 0 bridgehead atoms. The van der Waals surface area contributed by atoms with Crippen molar-refractivity contribution in [3.8, 4) is 5.75 Å². The molecule has 1 aromatic heterocycles. The zero-order valence-corrected chi connectivity index (χ0v) is 18.4. The van der Waals surface area contributed by atoms with Crippen LogP contribution in [0.3, 0.4) is 0 Å². The van der Waals surface area contributed by atoms with Gasteiger partial charge in [-0.05, 0) is 62.8 Å². The van der Waals surface area contributed by atoms with Crippen LogP contribution >= 0.6 is 0 Å². The standard InChI is InChI=1S/C24H29N3O4/c1-15-11-13-27(14-12-15)24(29)22-16(2)21-19(5-4-6-20(21)31-22)25-26-23(28)17-7-9-18(30-3)10-8-17/h7-10,15H,4-6,11-14H2,1-3H3,(H,26,28)/b25-19+. The molecule has 2 heterocycles. The van der Waals surface area contributed by atoms with E-state index in [2.05, 4.69) is 17.5 Å². The van der Waals surface area contributed by atoms with E-state index in [4.69, 9.17) is 9.15 Å². The number of hydrogen-bond acceptors (Lipinski definition) is 5. The predicted octanol–water partition coefficient (Wildman–Crippen LogP) is 3.94. The largest absolute Gasteiger partial charge is 0.497 e. The van der Waals surface area contributed by atoms with E-state index >= 15 is 0 Å². The SMILES string of the molecule is COc1ccc(C(=O)N/N=C2\CCCc3oc(C(=O)N4CCC(C)CC4)c(C)c32)cc1. The van der Waals surface area contributed by atoms with Gasteiger partial charge in [0.05, 0.1) is 12.8 Å². The molecule has 1 fully saturated rings. The van der Waals surface area contributed by atoms with E-state index in [1.807, 2.05) is 11.8 Å². The van der Waals surface area contributed by atoms with Crippen molar-refractivity contribution in [2.75, 3.05) is 20.2 Å². The van der Waals surface area contributed by atoms with E-state index in [1.165, 1.54) is 0 Å². The maximum Gasteiger partial charge on any atom is 0.289 e. The molecular weight excluding hydrogens is 394 g/mol. The van der Waals surface area contributed by atoms with Crippen molar-refractivity contribution in [1.29, 1.82) is 0 Å². The summed E-state index contributed by atoms with van der Waals surface area (Å²) in [6.45, 7) is 5.67. The average molecular weight is 424 g/mol. The molecular formula is C24H29N3O4. The third kappa shape index (κ3) is 4.36. The van der Waals surface area contributed by atoms with Crippen molar-refractivity contribution in [1.82, 2.24) is 10.3 Å². The van der Waals surface area contributed by atoms with Gasteiger partial charge in [-0.15, -0.1) is 0 Å². The number of fused-ring (bicyclic) bond motifs is 1. The molecule has 1 aliphatic carbocycles. The van der Waals surface area contributed by atoms with Gasteiger partial charge in [-0.25, -0.2) is 5.43 Å². The van der Waals surface area contributed by atoms with Gasteiger partial charge in [0.15, 0.2) is 5.76 Å². The summed E-state index contributed by atoms with van der Waals surface area (Å²) in [5.41, 5.74) is 5.60. The highest BCUT2D eigenvalue weighted by molar-refractivity contribution is 6.07. The molecule has 0 spiro atoms. The number of amides is 2. The molecule has 1 saturated heterocycles. The van der Waals surface area contributed by atoms with Gasteiger partial charge in [-0.2, -0.15) is 5.10 Å². The van der Waals surface area contributed by atoms with Crippen molar-refractivity contribution >= 4 is 17.5 Å². The number of benzene rings is 1. The summed E-state index contributed by atoms with van der Waals surface area (Å²) in [6.07, 6.45) is 4.41. The Morgan fingerprint density at radius 3 is 2.55 bits per heavy atom. The second-order valence-electron chi connectivity index (χ2n) is 8.41. The number of carbonyl (C=O) groups is 2. The number of piperidine rings is 1. The van der Waals surface area contributed by atoms with E-state index in [-0.39, 0.29) is 11.8 Å². The number of methoxy groups -OCH3 is 1. The smallest absolute Gasteiger partial charge is 0.289 e. The van der Waals surface area contributed by atoms with Crippen LogP contribution in [0.25, 0.3) is 0 Å². The number of aryl methyl sites for hydroxylation is 1. The number of ether oxygens (including phenoxy) is 1. The van der Waals surface area contributed by atoms with Crippen molar-refractivity contribution < 1.29 is 18.7 Å². The zero-order chi connectivity index (χ0) is 22.0. The number of furan rings is 1. The van der Waals surface area contributed by atoms with Gasteiger partial charge in [-0.3, -0.25) is 9.59 Å². The average Bonchev–Trinajstić information content (AvgIpc) is 3.14. The quantitative estimate of drug-likeness (QED) is 0.755. The van der Waals surface area contributed by atoms with Gasteiger partial charge < -0.3 is 14.1 Å². The summed E-state index contributed by atoms with van der Waals surface area (Å²) in [5, 5.41) is 4.40. The molecule has 1 N–H and O–H groups in total. The maximum atomic E-state index is 13.1. The van der Waals surface area contributed by atoms with Gasteiger partial charge >= 0.3 is 0 Å². The number of nitrogens with zero attached hydrogens (tertiary/aromatic N) is 2. The first kappa shape index (κ1) is 21.2. The van der Waals surface area contributed by atoms with E-state index in [0.717, 1.165) is 67.8 Å². The number of hydrogen-bond donors (Lipinski definition) is 1. The van der Waals surface area contributed by atoms with Crippen LogP contribution in [0.15, 0.2) is 33.8 Å². The minimum Gasteiger partial charge on any atom is -0.497 e. The molecule has 2 aliphatic rings. The fraction of sp³-hybridized carbons (Fsp3) is 0.458. The van der Waals surface area contributed by atoms with Crippen LogP contribution < -0.4 is 10.2 Å². The molecule has 2 aromatic rings. The highest BCUT2D eigenvalue weighted by Crippen LogP contribution is 2.31. The molecule has 0 saturated carbocycles.